The lowest BCUT2D eigenvalue weighted by Gasteiger charge is -2.35. The lowest BCUT2D eigenvalue weighted by molar-refractivity contribution is -0.183. The monoisotopic (exact) mass is 728 g/mol. The van der Waals surface area contributed by atoms with Gasteiger partial charge in [0, 0.05) is 12.5 Å². The van der Waals surface area contributed by atoms with Crippen molar-refractivity contribution in [2.24, 2.45) is 27.1 Å². The number of aliphatic imine (C=N–C) groups is 2. The van der Waals surface area contributed by atoms with Gasteiger partial charge in [0.25, 0.3) is 5.56 Å². The fourth-order valence-electron chi connectivity index (χ4n) is 7.43. The summed E-state index contributed by atoms with van der Waals surface area (Å²) in [6.07, 6.45) is -2.98. The first-order chi connectivity index (χ1) is 22.7. The number of phosphoric ester groups is 1. The van der Waals surface area contributed by atoms with Gasteiger partial charge >= 0.3 is 14.5 Å². The predicted molar refractivity (Wildman–Crippen MR) is 167 cm³/mol. The first-order valence-corrected chi connectivity index (χ1v) is 18.6. The number of aromatic nitrogens is 6. The minimum absolute atomic E-state index is 0.0360. The Hall–Kier alpha value is -2.98. The Morgan fingerprint density at radius 3 is 2.71 bits per heavy atom. The number of hydrogen-bond donors (Lipinski definition) is 6. The van der Waals surface area contributed by atoms with Crippen molar-refractivity contribution in [3.63, 3.8) is 0 Å². The molecule has 0 aromatic carbocycles. The third-order valence-corrected chi connectivity index (χ3v) is 12.2. The minimum atomic E-state index is -4.88. The number of nitrogen functional groups attached to an aromatic ring is 1. The molecule has 1 spiro atoms. The van der Waals surface area contributed by atoms with Crippen molar-refractivity contribution in [3.05, 3.63) is 28.7 Å². The van der Waals surface area contributed by atoms with E-state index in [1.807, 2.05) is 0 Å². The molecule has 0 radical (unpaired) electrons. The molecule has 48 heavy (non-hydrogen) atoms. The number of imidazole rings is 2. The highest BCUT2D eigenvalue weighted by atomic mass is 32.5. The molecule has 3 aromatic heterocycles. The summed E-state index contributed by atoms with van der Waals surface area (Å²) in [5, 5.41) is 11.6. The third kappa shape index (κ3) is 4.71. The molecule has 2 aliphatic carbocycles. The van der Waals surface area contributed by atoms with Crippen molar-refractivity contribution in [3.8, 4) is 0 Å². The van der Waals surface area contributed by atoms with Crippen LogP contribution in [-0.2, 0) is 43.9 Å². The van der Waals surface area contributed by atoms with Crippen molar-refractivity contribution < 1.29 is 47.0 Å². The zero-order chi connectivity index (χ0) is 34.0. The molecular weight excluding hydrogens is 698 g/mol. The molecule has 3 saturated heterocycles. The highest BCUT2D eigenvalue weighted by Gasteiger charge is 2.74. The summed E-state index contributed by atoms with van der Waals surface area (Å²) in [6, 6.07) is -0.754. The van der Waals surface area contributed by atoms with Crippen LogP contribution in [0.1, 0.15) is 24.4 Å². The highest BCUT2D eigenvalue weighted by Crippen LogP contribution is 2.72. The van der Waals surface area contributed by atoms with E-state index in [-0.39, 0.29) is 41.1 Å². The van der Waals surface area contributed by atoms with Crippen LogP contribution < -0.4 is 17.0 Å². The number of aliphatic hydroxyl groups excluding tert-OH is 1. The van der Waals surface area contributed by atoms with E-state index in [4.69, 9.17) is 50.8 Å². The molecule has 258 valence electrons. The SMILES string of the molecule is C=Nc1c(C(N)=NC)ncn1[C@H]1[C@H](O)[C@@H]2OP(O)(=S)OC[C@@]34CO[C@@H]([C@H](n5cnc6c(=O)[nH]c(N)nc65)O3)[C@@H]4OP(=O)(O)OC[C@]23C[C@H]13. The molecule has 6 heterocycles. The Bertz CT molecular complexity index is 2040. The smallest absolute Gasteiger partial charge is 0.388 e. The lowest BCUT2D eigenvalue weighted by atomic mass is 10.0. The molecule has 11 atom stereocenters. The van der Waals surface area contributed by atoms with E-state index >= 15 is 0 Å². The molecule has 21 nitrogen and oxygen atoms in total. The van der Waals surface area contributed by atoms with Crippen LogP contribution in [0.5, 0.6) is 0 Å². The average molecular weight is 729 g/mol. The van der Waals surface area contributed by atoms with Crippen molar-refractivity contribution >= 4 is 61.8 Å². The van der Waals surface area contributed by atoms with Crippen molar-refractivity contribution in [2.75, 3.05) is 32.6 Å². The van der Waals surface area contributed by atoms with E-state index in [1.54, 1.807) is 4.57 Å². The zero-order valence-corrected chi connectivity index (χ0v) is 27.5. The van der Waals surface area contributed by atoms with Gasteiger partial charge < -0.3 is 49.4 Å². The van der Waals surface area contributed by atoms with Crippen molar-refractivity contribution in [1.82, 2.24) is 29.1 Å². The van der Waals surface area contributed by atoms with Crippen LogP contribution in [0.2, 0.25) is 0 Å². The maximum absolute atomic E-state index is 13.6. The number of hydrogen-bond acceptors (Lipinski definition) is 16. The van der Waals surface area contributed by atoms with Gasteiger partial charge in [0.15, 0.2) is 23.2 Å². The number of rotatable bonds is 4. The van der Waals surface area contributed by atoms with E-state index in [2.05, 4.69) is 36.6 Å². The summed E-state index contributed by atoms with van der Waals surface area (Å²) < 4.78 is 51.9. The second-order valence-corrected chi connectivity index (χ2v) is 16.5. The van der Waals surface area contributed by atoms with Gasteiger partial charge in [0.1, 0.15) is 41.5 Å². The van der Waals surface area contributed by atoms with E-state index in [9.17, 15) is 24.3 Å². The molecule has 2 bridgehead atoms. The quantitative estimate of drug-likeness (QED) is 0.107. The number of aromatic amines is 1. The first-order valence-electron chi connectivity index (χ1n) is 14.5. The molecule has 2 saturated carbocycles. The molecule has 0 amide bonds. The maximum atomic E-state index is 13.6. The number of aliphatic hydroxyl groups is 1. The molecule has 8 N–H and O–H groups in total. The number of anilines is 1. The Morgan fingerprint density at radius 2 is 1.96 bits per heavy atom. The Labute approximate surface area is 274 Å². The predicted octanol–water partition coefficient (Wildman–Crippen LogP) is -1.01. The molecule has 3 aliphatic heterocycles. The highest BCUT2D eigenvalue weighted by molar-refractivity contribution is 8.07. The van der Waals surface area contributed by atoms with E-state index in [0.717, 1.165) is 0 Å². The number of ether oxygens (including phenoxy) is 2. The molecule has 5 aliphatic rings. The molecular formula is C24H30N10O11P2S. The van der Waals surface area contributed by atoms with Crippen LogP contribution in [0.4, 0.5) is 11.8 Å². The number of amidine groups is 1. The van der Waals surface area contributed by atoms with Crippen LogP contribution in [0.15, 0.2) is 27.4 Å². The van der Waals surface area contributed by atoms with E-state index < -0.39 is 86.9 Å². The van der Waals surface area contributed by atoms with E-state index in [0.29, 0.717) is 6.42 Å². The maximum Gasteiger partial charge on any atom is 0.472 e. The van der Waals surface area contributed by atoms with Crippen LogP contribution in [0.3, 0.4) is 0 Å². The number of phosphoric acid groups is 1. The summed E-state index contributed by atoms with van der Waals surface area (Å²) in [5.41, 5.74) is 8.71. The number of nitrogens with one attached hydrogen (secondary N) is 1. The van der Waals surface area contributed by atoms with Gasteiger partial charge in [-0.1, -0.05) is 0 Å². The summed E-state index contributed by atoms with van der Waals surface area (Å²) >= 11 is 5.42. The van der Waals surface area contributed by atoms with Gasteiger partial charge in [-0.05, 0) is 30.9 Å². The molecule has 24 heteroatoms. The average Bonchev–Trinajstić information content (AvgIpc) is 3.45. The van der Waals surface area contributed by atoms with Gasteiger partial charge in [0.2, 0.25) is 5.95 Å². The van der Waals surface area contributed by atoms with Crippen molar-refractivity contribution in [1.29, 1.82) is 0 Å². The van der Waals surface area contributed by atoms with Crippen LogP contribution in [0.25, 0.3) is 11.2 Å². The van der Waals surface area contributed by atoms with E-state index in [1.165, 1.54) is 24.3 Å². The van der Waals surface area contributed by atoms with Crippen LogP contribution in [0, 0.1) is 11.3 Å². The molecule has 3 aromatic rings. The van der Waals surface area contributed by atoms with Crippen LogP contribution in [-0.4, -0.2) is 113 Å². The largest absolute Gasteiger partial charge is 0.472 e. The minimum Gasteiger partial charge on any atom is -0.388 e. The Morgan fingerprint density at radius 1 is 1.19 bits per heavy atom. The summed E-state index contributed by atoms with van der Waals surface area (Å²) in [4.78, 5) is 57.7. The standard InChI is InChI=1S/C24H30N10O11P2S/c1-27-17(25)10-18(28-2)33(7-29-10)12-9-3-23(9)4-41-46(37,38)44-16-14-21(34-8-30-11-19(34)31-22(26)32-20(11)36)43-24(16,5-40-14)6-42-47(39,48)45-15(23)13(12)35/h7-9,12-16,21,35H,2-6H2,1H3,(H2,25,27)(H,37,38)(H,39,48)(H3,26,31,32,36)/t9-,12-,13+,14-,15+,16+,21-,23+,24-,47?/m1/s1. The zero-order valence-electron chi connectivity index (χ0n) is 24.9. The summed E-state index contributed by atoms with van der Waals surface area (Å²) in [6.45, 7) is -1.71. The molecule has 5 fully saturated rings. The number of H-pyrrole nitrogens is 1. The number of fused-ring (bicyclic) bond motifs is 1. The summed E-state index contributed by atoms with van der Waals surface area (Å²) in [7, 11) is -3.39. The summed E-state index contributed by atoms with van der Waals surface area (Å²) in [5.74, 6) is -0.256. The van der Waals surface area contributed by atoms with Gasteiger partial charge in [-0.2, -0.15) is 4.98 Å². The first kappa shape index (κ1) is 32.2. The molecule has 2 unspecified atom stereocenters. The van der Waals surface area contributed by atoms with Gasteiger partial charge in [-0.25, -0.2) is 19.5 Å². The Kier molecular flexibility index (Phi) is 7.23. The van der Waals surface area contributed by atoms with Gasteiger partial charge in [0.05, 0.1) is 38.5 Å². The Balaban J connectivity index is 1.12. The topological polar surface area (TPSA) is 291 Å². The number of nitrogens with zero attached hydrogens (tertiary/aromatic N) is 7. The second kappa shape index (κ2) is 10.8. The van der Waals surface area contributed by atoms with Gasteiger partial charge in [-0.3, -0.25) is 28.4 Å². The molecule has 8 rings (SSSR count). The van der Waals surface area contributed by atoms with Crippen molar-refractivity contribution in [2.45, 2.75) is 48.7 Å². The van der Waals surface area contributed by atoms with Gasteiger partial charge in [-0.15, -0.1) is 0 Å². The second-order valence-electron chi connectivity index (χ2n) is 12.3. The normalized spacial score (nSPS) is 42.5. The number of nitrogens with two attached hydrogens (primary N) is 2. The third-order valence-electron chi connectivity index (χ3n) is 9.70. The lowest BCUT2D eigenvalue weighted by Crippen LogP contribution is -2.46. The fourth-order valence-corrected chi connectivity index (χ4v) is 9.99. The fraction of sp³-hybridized carbons (Fsp3) is 0.583. The van der Waals surface area contributed by atoms with Crippen LogP contribution >= 0.6 is 14.5 Å².